The van der Waals surface area contributed by atoms with Crippen LogP contribution >= 0.6 is 0 Å². The molecule has 2 rings (SSSR count). The van der Waals surface area contributed by atoms with E-state index in [0.717, 1.165) is 6.42 Å². The second-order valence-corrected chi connectivity index (χ2v) is 5.87. The number of hydrogen-bond acceptors (Lipinski definition) is 4. The van der Waals surface area contributed by atoms with E-state index in [1.165, 1.54) is 0 Å². The van der Waals surface area contributed by atoms with Crippen LogP contribution in [0.4, 0.5) is 0 Å². The van der Waals surface area contributed by atoms with Crippen LogP contribution in [0, 0.1) is 17.8 Å². The minimum absolute atomic E-state index is 0.136. The van der Waals surface area contributed by atoms with Crippen LogP contribution in [0.15, 0.2) is 0 Å². The van der Waals surface area contributed by atoms with Gasteiger partial charge in [0.1, 0.15) is 5.60 Å². The summed E-state index contributed by atoms with van der Waals surface area (Å²) in [5.41, 5.74) is -0.365. The maximum atomic E-state index is 12.0. The van der Waals surface area contributed by atoms with E-state index in [1.807, 2.05) is 27.7 Å². The number of hydrogen-bond donors (Lipinski definition) is 0. The Morgan fingerprint density at radius 1 is 1.47 bits per heavy atom. The second kappa shape index (κ2) is 4.00. The molecule has 0 aromatic heterocycles. The SMILES string of the molecule is CC(C)OC(=O)[C@H]1[C@@H]2C[C@](C)(C[C@@H]1C)OC2=O. The van der Waals surface area contributed by atoms with Crippen LogP contribution in [0.2, 0.25) is 0 Å². The summed E-state index contributed by atoms with van der Waals surface area (Å²) in [5.74, 6) is -0.993. The molecule has 4 nitrogen and oxygen atoms in total. The molecule has 1 aliphatic heterocycles. The Morgan fingerprint density at radius 2 is 2.12 bits per heavy atom. The Labute approximate surface area is 102 Å². The maximum absolute atomic E-state index is 12.0. The average Bonchev–Trinajstić information content (AvgIpc) is 2.35. The van der Waals surface area contributed by atoms with Gasteiger partial charge in [0.25, 0.3) is 0 Å². The van der Waals surface area contributed by atoms with Gasteiger partial charge in [-0.3, -0.25) is 9.59 Å². The van der Waals surface area contributed by atoms with E-state index in [4.69, 9.17) is 9.47 Å². The van der Waals surface area contributed by atoms with E-state index >= 15 is 0 Å². The summed E-state index contributed by atoms with van der Waals surface area (Å²) in [4.78, 5) is 23.8. The van der Waals surface area contributed by atoms with E-state index in [-0.39, 0.29) is 41.4 Å². The van der Waals surface area contributed by atoms with Crippen molar-refractivity contribution >= 4 is 11.9 Å². The zero-order valence-electron chi connectivity index (χ0n) is 10.9. The summed E-state index contributed by atoms with van der Waals surface area (Å²) in [5, 5.41) is 0. The summed E-state index contributed by atoms with van der Waals surface area (Å²) in [7, 11) is 0. The van der Waals surface area contributed by atoms with Crippen molar-refractivity contribution in [2.75, 3.05) is 0 Å². The smallest absolute Gasteiger partial charge is 0.310 e. The molecule has 1 saturated heterocycles. The number of rotatable bonds is 2. The van der Waals surface area contributed by atoms with Crippen molar-refractivity contribution in [2.45, 2.75) is 52.2 Å². The van der Waals surface area contributed by atoms with Gasteiger partial charge in [-0.05, 0) is 33.1 Å². The van der Waals surface area contributed by atoms with Gasteiger partial charge in [0.05, 0.1) is 17.9 Å². The minimum atomic E-state index is -0.365. The number of carbonyl (C=O) groups excluding carboxylic acids is 2. The standard InChI is InChI=1S/C13H20O4/c1-7(2)16-12(15)10-8(3)5-13(4)6-9(10)11(14)17-13/h7-10H,5-6H2,1-4H3/t8-,9-,10+,13-/m0/s1. The fraction of sp³-hybridized carbons (Fsp3) is 0.846. The van der Waals surface area contributed by atoms with Gasteiger partial charge in [-0.2, -0.15) is 0 Å². The van der Waals surface area contributed by atoms with Gasteiger partial charge in [0.15, 0.2) is 0 Å². The van der Waals surface area contributed by atoms with Gasteiger partial charge >= 0.3 is 11.9 Å². The molecular weight excluding hydrogens is 220 g/mol. The normalized spacial score (nSPS) is 40.3. The Bertz CT molecular complexity index is 349. The highest BCUT2D eigenvalue weighted by Gasteiger charge is 2.56. The highest BCUT2D eigenvalue weighted by Crippen LogP contribution is 2.48. The van der Waals surface area contributed by atoms with Crippen molar-refractivity contribution in [2.24, 2.45) is 17.8 Å². The van der Waals surface area contributed by atoms with Crippen molar-refractivity contribution in [1.82, 2.24) is 0 Å². The first-order chi connectivity index (χ1) is 7.82. The van der Waals surface area contributed by atoms with E-state index in [9.17, 15) is 9.59 Å². The van der Waals surface area contributed by atoms with Crippen molar-refractivity contribution in [3.05, 3.63) is 0 Å². The predicted molar refractivity (Wildman–Crippen MR) is 61.1 cm³/mol. The fourth-order valence-corrected chi connectivity index (χ4v) is 3.22. The highest BCUT2D eigenvalue weighted by molar-refractivity contribution is 5.84. The summed E-state index contributed by atoms with van der Waals surface area (Å²) in [6.07, 6.45) is 1.25. The van der Waals surface area contributed by atoms with Crippen LogP contribution in [0.3, 0.4) is 0 Å². The van der Waals surface area contributed by atoms with E-state index < -0.39 is 0 Å². The molecule has 17 heavy (non-hydrogen) atoms. The molecule has 0 aromatic carbocycles. The van der Waals surface area contributed by atoms with Gasteiger partial charge in [0, 0.05) is 6.42 Å². The summed E-state index contributed by atoms with van der Waals surface area (Å²) < 4.78 is 10.6. The lowest BCUT2D eigenvalue weighted by Gasteiger charge is -2.35. The molecule has 4 heteroatoms. The molecule has 1 heterocycles. The summed E-state index contributed by atoms with van der Waals surface area (Å²) in [6, 6.07) is 0. The topological polar surface area (TPSA) is 52.6 Å². The van der Waals surface area contributed by atoms with Crippen molar-refractivity contribution < 1.29 is 19.1 Å². The second-order valence-electron chi connectivity index (χ2n) is 5.87. The Hall–Kier alpha value is -1.06. The highest BCUT2D eigenvalue weighted by atomic mass is 16.6. The zero-order chi connectivity index (χ0) is 12.8. The predicted octanol–water partition coefficient (Wildman–Crippen LogP) is 1.92. The van der Waals surface area contributed by atoms with E-state index in [0.29, 0.717) is 6.42 Å². The van der Waals surface area contributed by atoms with Crippen LogP contribution < -0.4 is 0 Å². The largest absolute Gasteiger partial charge is 0.463 e. The summed E-state index contributed by atoms with van der Waals surface area (Å²) >= 11 is 0. The third-order valence-corrected chi connectivity index (χ3v) is 3.73. The lowest BCUT2D eigenvalue weighted by Crippen LogP contribution is -2.41. The lowest BCUT2D eigenvalue weighted by molar-refractivity contribution is -0.160. The Balaban J connectivity index is 2.17. The van der Waals surface area contributed by atoms with Gasteiger partial charge < -0.3 is 9.47 Å². The number of ether oxygens (including phenoxy) is 2. The average molecular weight is 240 g/mol. The Kier molecular flexibility index (Phi) is 2.92. The molecule has 2 fully saturated rings. The molecule has 1 aliphatic carbocycles. The fourth-order valence-electron chi connectivity index (χ4n) is 3.22. The Morgan fingerprint density at radius 3 is 2.71 bits per heavy atom. The quantitative estimate of drug-likeness (QED) is 0.692. The van der Waals surface area contributed by atoms with Gasteiger partial charge in [-0.25, -0.2) is 0 Å². The van der Waals surface area contributed by atoms with E-state index in [1.54, 1.807) is 0 Å². The van der Waals surface area contributed by atoms with E-state index in [2.05, 4.69) is 0 Å². The van der Waals surface area contributed by atoms with Crippen LogP contribution in [-0.2, 0) is 19.1 Å². The number of fused-ring (bicyclic) bond motifs is 2. The molecule has 2 bridgehead atoms. The van der Waals surface area contributed by atoms with Crippen molar-refractivity contribution in [3.8, 4) is 0 Å². The molecule has 0 spiro atoms. The first kappa shape index (κ1) is 12.4. The molecule has 0 radical (unpaired) electrons. The van der Waals surface area contributed by atoms with Crippen LogP contribution in [0.1, 0.15) is 40.5 Å². The summed E-state index contributed by atoms with van der Waals surface area (Å²) in [6.45, 7) is 7.59. The van der Waals surface area contributed by atoms with Crippen LogP contribution in [0.5, 0.6) is 0 Å². The van der Waals surface area contributed by atoms with Gasteiger partial charge in [-0.1, -0.05) is 6.92 Å². The molecular formula is C13H20O4. The molecule has 1 saturated carbocycles. The third-order valence-electron chi connectivity index (χ3n) is 3.73. The molecule has 2 aliphatic rings. The molecule has 0 aromatic rings. The lowest BCUT2D eigenvalue weighted by atomic mass is 9.69. The number of esters is 2. The van der Waals surface area contributed by atoms with Crippen LogP contribution in [0.25, 0.3) is 0 Å². The van der Waals surface area contributed by atoms with Crippen LogP contribution in [-0.4, -0.2) is 23.6 Å². The molecule has 0 N–H and O–H groups in total. The van der Waals surface area contributed by atoms with Crippen molar-refractivity contribution in [3.63, 3.8) is 0 Å². The molecule has 0 unspecified atom stereocenters. The van der Waals surface area contributed by atoms with Gasteiger partial charge in [-0.15, -0.1) is 0 Å². The first-order valence-electron chi connectivity index (χ1n) is 6.26. The first-order valence-corrected chi connectivity index (χ1v) is 6.26. The molecule has 0 amide bonds. The third kappa shape index (κ3) is 2.17. The molecule has 4 atom stereocenters. The zero-order valence-corrected chi connectivity index (χ0v) is 10.9. The molecule has 96 valence electrons. The maximum Gasteiger partial charge on any atom is 0.310 e. The van der Waals surface area contributed by atoms with Gasteiger partial charge in [0.2, 0.25) is 0 Å². The monoisotopic (exact) mass is 240 g/mol. The van der Waals surface area contributed by atoms with Crippen molar-refractivity contribution in [1.29, 1.82) is 0 Å². The number of carbonyl (C=O) groups is 2. The minimum Gasteiger partial charge on any atom is -0.463 e.